The van der Waals surface area contributed by atoms with E-state index in [9.17, 15) is 4.79 Å². The summed E-state index contributed by atoms with van der Waals surface area (Å²) in [6.45, 7) is 6.11. The standard InChI is InChI=1S/C19H24N2O2.ClH/c1-13(15(3)20)19(22)21-18-11-7-8-16(14(18)2)12-23-17-9-5-4-6-10-17;/h4-11,13,15H,12,20H2,1-3H3,(H,21,22);1H. The molecule has 0 saturated heterocycles. The summed E-state index contributed by atoms with van der Waals surface area (Å²) in [5.74, 6) is 0.523. The van der Waals surface area contributed by atoms with E-state index in [1.165, 1.54) is 0 Å². The first-order valence-corrected chi connectivity index (χ1v) is 7.82. The van der Waals surface area contributed by atoms with Gasteiger partial charge in [0.1, 0.15) is 12.4 Å². The number of amides is 1. The average molecular weight is 349 g/mol. The summed E-state index contributed by atoms with van der Waals surface area (Å²) in [5, 5.41) is 2.96. The Morgan fingerprint density at radius 3 is 2.42 bits per heavy atom. The number of halogens is 1. The van der Waals surface area contributed by atoms with Gasteiger partial charge in [0.05, 0.1) is 5.92 Å². The van der Waals surface area contributed by atoms with E-state index in [2.05, 4.69) is 5.32 Å². The molecular formula is C19H25ClN2O2. The van der Waals surface area contributed by atoms with E-state index in [0.717, 1.165) is 22.6 Å². The molecule has 2 rings (SSSR count). The number of nitrogens with one attached hydrogen (secondary N) is 1. The van der Waals surface area contributed by atoms with E-state index < -0.39 is 0 Å². The lowest BCUT2D eigenvalue weighted by Crippen LogP contribution is -2.34. The second-order valence-corrected chi connectivity index (χ2v) is 5.83. The summed E-state index contributed by atoms with van der Waals surface area (Å²) < 4.78 is 5.79. The molecule has 2 aromatic rings. The third-order valence-corrected chi connectivity index (χ3v) is 4.04. The monoisotopic (exact) mass is 348 g/mol. The van der Waals surface area contributed by atoms with Gasteiger partial charge in [-0.2, -0.15) is 0 Å². The summed E-state index contributed by atoms with van der Waals surface area (Å²) >= 11 is 0. The lowest BCUT2D eigenvalue weighted by Gasteiger charge is -2.18. The Morgan fingerprint density at radius 2 is 1.79 bits per heavy atom. The summed E-state index contributed by atoms with van der Waals surface area (Å²) in [7, 11) is 0. The summed E-state index contributed by atoms with van der Waals surface area (Å²) in [4.78, 5) is 12.2. The highest BCUT2D eigenvalue weighted by Gasteiger charge is 2.18. The number of para-hydroxylation sites is 1. The second-order valence-electron chi connectivity index (χ2n) is 5.83. The fraction of sp³-hybridized carbons (Fsp3) is 0.316. The van der Waals surface area contributed by atoms with Gasteiger partial charge in [0, 0.05) is 11.7 Å². The first-order chi connectivity index (χ1) is 11.0. The van der Waals surface area contributed by atoms with Gasteiger partial charge in [-0.05, 0) is 43.2 Å². The summed E-state index contributed by atoms with van der Waals surface area (Å²) in [6, 6.07) is 15.3. The van der Waals surface area contributed by atoms with Crippen molar-refractivity contribution >= 4 is 24.0 Å². The summed E-state index contributed by atoms with van der Waals surface area (Å²) in [6.07, 6.45) is 0. The van der Waals surface area contributed by atoms with Crippen molar-refractivity contribution in [2.75, 3.05) is 5.32 Å². The number of anilines is 1. The van der Waals surface area contributed by atoms with Crippen molar-refractivity contribution in [1.82, 2.24) is 0 Å². The van der Waals surface area contributed by atoms with Gasteiger partial charge in [0.2, 0.25) is 5.91 Å². The van der Waals surface area contributed by atoms with Crippen LogP contribution in [0.2, 0.25) is 0 Å². The van der Waals surface area contributed by atoms with E-state index in [0.29, 0.717) is 6.61 Å². The van der Waals surface area contributed by atoms with Crippen LogP contribution in [0.1, 0.15) is 25.0 Å². The second kappa shape index (κ2) is 9.30. The van der Waals surface area contributed by atoms with Crippen LogP contribution in [0.5, 0.6) is 5.75 Å². The molecule has 24 heavy (non-hydrogen) atoms. The lowest BCUT2D eigenvalue weighted by atomic mass is 10.0. The molecule has 1 amide bonds. The van der Waals surface area contributed by atoms with E-state index >= 15 is 0 Å². The predicted octanol–water partition coefficient (Wildman–Crippen LogP) is 3.92. The molecule has 5 heteroatoms. The van der Waals surface area contributed by atoms with Gasteiger partial charge in [-0.1, -0.05) is 37.3 Å². The summed E-state index contributed by atoms with van der Waals surface area (Å²) in [5.41, 5.74) is 8.64. The van der Waals surface area contributed by atoms with Crippen molar-refractivity contribution < 1.29 is 9.53 Å². The Hall–Kier alpha value is -2.04. The maximum atomic E-state index is 12.2. The number of carbonyl (C=O) groups is 1. The first-order valence-electron chi connectivity index (χ1n) is 7.82. The number of nitrogens with two attached hydrogens (primary N) is 1. The van der Waals surface area contributed by atoms with Crippen LogP contribution in [0.4, 0.5) is 5.69 Å². The van der Waals surface area contributed by atoms with Crippen molar-refractivity contribution in [2.24, 2.45) is 11.7 Å². The highest BCUT2D eigenvalue weighted by atomic mass is 35.5. The highest BCUT2D eigenvalue weighted by molar-refractivity contribution is 5.93. The number of rotatable bonds is 6. The number of benzene rings is 2. The lowest BCUT2D eigenvalue weighted by molar-refractivity contribution is -0.119. The van der Waals surface area contributed by atoms with E-state index in [1.54, 1.807) is 0 Å². The Labute approximate surface area is 149 Å². The highest BCUT2D eigenvalue weighted by Crippen LogP contribution is 2.21. The minimum atomic E-state index is -0.237. The molecule has 0 aromatic heterocycles. The topological polar surface area (TPSA) is 64.3 Å². The first kappa shape index (κ1) is 20.0. The molecule has 0 radical (unpaired) electrons. The molecule has 0 spiro atoms. The van der Waals surface area contributed by atoms with Crippen LogP contribution < -0.4 is 15.8 Å². The van der Waals surface area contributed by atoms with Crippen molar-refractivity contribution in [3.8, 4) is 5.75 Å². The Balaban J connectivity index is 0.00000288. The Morgan fingerprint density at radius 1 is 1.12 bits per heavy atom. The van der Waals surface area contributed by atoms with Crippen LogP contribution in [0.3, 0.4) is 0 Å². The largest absolute Gasteiger partial charge is 0.489 e. The molecule has 0 heterocycles. The SMILES string of the molecule is Cc1c(COc2ccccc2)cccc1NC(=O)C(C)C(C)N.Cl. The van der Waals surface area contributed by atoms with Crippen molar-refractivity contribution in [2.45, 2.75) is 33.4 Å². The zero-order valence-electron chi connectivity index (χ0n) is 14.3. The molecule has 4 nitrogen and oxygen atoms in total. The number of carbonyl (C=O) groups excluding carboxylic acids is 1. The van der Waals surface area contributed by atoms with Gasteiger partial charge in [-0.3, -0.25) is 4.79 Å². The number of hydrogen-bond acceptors (Lipinski definition) is 3. The fourth-order valence-corrected chi connectivity index (χ4v) is 2.14. The van der Waals surface area contributed by atoms with E-state index in [4.69, 9.17) is 10.5 Å². The average Bonchev–Trinajstić information content (AvgIpc) is 2.55. The van der Waals surface area contributed by atoms with Crippen molar-refractivity contribution in [3.05, 3.63) is 59.7 Å². The molecule has 0 saturated carbocycles. The maximum absolute atomic E-state index is 12.2. The molecule has 0 fully saturated rings. The maximum Gasteiger partial charge on any atom is 0.228 e. The van der Waals surface area contributed by atoms with Crippen LogP contribution in [0.15, 0.2) is 48.5 Å². The molecule has 0 bridgehead atoms. The van der Waals surface area contributed by atoms with Gasteiger partial charge in [-0.15, -0.1) is 12.4 Å². The number of ether oxygens (including phenoxy) is 1. The fourth-order valence-electron chi connectivity index (χ4n) is 2.14. The zero-order chi connectivity index (χ0) is 16.8. The van der Waals surface area contributed by atoms with Crippen LogP contribution >= 0.6 is 12.4 Å². The normalized spacial score (nSPS) is 12.7. The zero-order valence-corrected chi connectivity index (χ0v) is 15.1. The predicted molar refractivity (Wildman–Crippen MR) is 101 cm³/mol. The minimum Gasteiger partial charge on any atom is -0.489 e. The van der Waals surface area contributed by atoms with E-state index in [1.807, 2.05) is 69.3 Å². The van der Waals surface area contributed by atoms with Crippen molar-refractivity contribution in [1.29, 1.82) is 0 Å². The van der Waals surface area contributed by atoms with Crippen LogP contribution in [0.25, 0.3) is 0 Å². The quantitative estimate of drug-likeness (QED) is 0.831. The number of hydrogen-bond donors (Lipinski definition) is 2. The van der Waals surface area contributed by atoms with Gasteiger partial charge >= 0.3 is 0 Å². The third-order valence-electron chi connectivity index (χ3n) is 4.04. The van der Waals surface area contributed by atoms with Crippen molar-refractivity contribution in [3.63, 3.8) is 0 Å². The third kappa shape index (κ3) is 5.25. The molecule has 2 aromatic carbocycles. The molecule has 2 atom stereocenters. The minimum absolute atomic E-state index is 0. The van der Waals surface area contributed by atoms with Gasteiger partial charge < -0.3 is 15.8 Å². The molecule has 3 N–H and O–H groups in total. The Bertz CT molecular complexity index is 660. The molecule has 2 unspecified atom stereocenters. The van der Waals surface area contributed by atoms with Gasteiger partial charge in [0.25, 0.3) is 0 Å². The smallest absolute Gasteiger partial charge is 0.228 e. The van der Waals surface area contributed by atoms with Crippen LogP contribution in [0, 0.1) is 12.8 Å². The molecule has 0 aliphatic carbocycles. The van der Waals surface area contributed by atoms with Crippen LogP contribution in [-0.2, 0) is 11.4 Å². The molecule has 130 valence electrons. The molecule has 0 aliphatic heterocycles. The van der Waals surface area contributed by atoms with Gasteiger partial charge in [-0.25, -0.2) is 0 Å². The van der Waals surface area contributed by atoms with E-state index in [-0.39, 0.29) is 30.3 Å². The van der Waals surface area contributed by atoms with Gasteiger partial charge in [0.15, 0.2) is 0 Å². The molecular weight excluding hydrogens is 324 g/mol. The Kier molecular flexibility index (Phi) is 7.75. The van der Waals surface area contributed by atoms with Crippen LogP contribution in [-0.4, -0.2) is 11.9 Å². The molecule has 0 aliphatic rings.